The zero-order valence-corrected chi connectivity index (χ0v) is 8.76. The number of aromatic hydroxyl groups is 1. The Morgan fingerprint density at radius 3 is 2.59 bits per heavy atom. The molecule has 0 aliphatic carbocycles. The molecule has 0 aromatic heterocycles. The van der Waals surface area contributed by atoms with Gasteiger partial charge in [0.15, 0.2) is 0 Å². The standard InChI is InChI=1S/C13H9FO3/c14-17-13(16)8-6-9-5-7-12(15)11-4-2-1-3-10(9)11/h1-8,15H/b8-6+. The van der Waals surface area contributed by atoms with Gasteiger partial charge in [0.25, 0.3) is 0 Å². The summed E-state index contributed by atoms with van der Waals surface area (Å²) in [6.07, 6.45) is 2.42. The molecule has 3 nitrogen and oxygen atoms in total. The second kappa shape index (κ2) is 4.65. The third-order valence-corrected chi connectivity index (χ3v) is 2.41. The van der Waals surface area contributed by atoms with E-state index in [4.69, 9.17) is 0 Å². The fraction of sp³-hybridized carbons (Fsp3) is 0. The quantitative estimate of drug-likeness (QED) is 0.809. The fourth-order valence-corrected chi connectivity index (χ4v) is 1.64. The van der Waals surface area contributed by atoms with Crippen LogP contribution in [0.1, 0.15) is 5.56 Å². The van der Waals surface area contributed by atoms with Crippen LogP contribution in [0.5, 0.6) is 5.75 Å². The predicted octanol–water partition coefficient (Wildman–Crippen LogP) is 2.99. The van der Waals surface area contributed by atoms with E-state index in [1.165, 1.54) is 12.1 Å². The van der Waals surface area contributed by atoms with Gasteiger partial charge in [-0.2, -0.15) is 0 Å². The lowest BCUT2D eigenvalue weighted by atomic mass is 10.0. The lowest BCUT2D eigenvalue weighted by Gasteiger charge is -2.03. The number of carbonyl (C=O) groups is 1. The Balaban J connectivity index is 2.52. The lowest BCUT2D eigenvalue weighted by molar-refractivity contribution is -0.176. The normalized spacial score (nSPS) is 10.9. The summed E-state index contributed by atoms with van der Waals surface area (Å²) in [5.41, 5.74) is 0.698. The molecule has 2 rings (SSSR count). The first-order valence-corrected chi connectivity index (χ1v) is 4.93. The van der Waals surface area contributed by atoms with Gasteiger partial charge in [0.1, 0.15) is 5.75 Å². The first kappa shape index (κ1) is 11.1. The van der Waals surface area contributed by atoms with E-state index in [2.05, 4.69) is 4.94 Å². The zero-order valence-electron chi connectivity index (χ0n) is 8.76. The van der Waals surface area contributed by atoms with E-state index in [-0.39, 0.29) is 5.75 Å². The van der Waals surface area contributed by atoms with Crippen LogP contribution in [0.4, 0.5) is 4.53 Å². The van der Waals surface area contributed by atoms with Crippen LogP contribution in [0.25, 0.3) is 16.8 Å². The largest absolute Gasteiger partial charge is 0.507 e. The van der Waals surface area contributed by atoms with E-state index in [0.29, 0.717) is 10.9 Å². The smallest absolute Gasteiger partial charge is 0.372 e. The molecular formula is C13H9FO3. The Morgan fingerprint density at radius 2 is 1.88 bits per heavy atom. The number of hydrogen-bond donors (Lipinski definition) is 1. The molecule has 2 aromatic rings. The van der Waals surface area contributed by atoms with Gasteiger partial charge in [0.05, 0.1) is 0 Å². The van der Waals surface area contributed by atoms with Crippen molar-refractivity contribution < 1.29 is 19.4 Å². The van der Waals surface area contributed by atoms with Gasteiger partial charge in [-0.1, -0.05) is 30.3 Å². The van der Waals surface area contributed by atoms with Crippen molar-refractivity contribution in [1.29, 1.82) is 0 Å². The fourth-order valence-electron chi connectivity index (χ4n) is 1.64. The van der Waals surface area contributed by atoms with E-state index in [1.807, 2.05) is 6.07 Å². The molecule has 0 heterocycles. The maximum atomic E-state index is 11.5. The molecule has 2 aromatic carbocycles. The van der Waals surface area contributed by atoms with E-state index in [9.17, 15) is 14.4 Å². The molecule has 4 heteroatoms. The number of halogens is 1. The Bertz CT molecular complexity index is 590. The van der Waals surface area contributed by atoms with Gasteiger partial charge >= 0.3 is 5.97 Å². The van der Waals surface area contributed by atoms with Crippen molar-refractivity contribution in [3.05, 3.63) is 48.0 Å². The van der Waals surface area contributed by atoms with Crippen LogP contribution in [0.15, 0.2) is 42.5 Å². The van der Waals surface area contributed by atoms with Gasteiger partial charge in [0.2, 0.25) is 0 Å². The first-order chi connectivity index (χ1) is 8.22. The van der Waals surface area contributed by atoms with Crippen molar-refractivity contribution in [1.82, 2.24) is 0 Å². The summed E-state index contributed by atoms with van der Waals surface area (Å²) in [7, 11) is 0. The molecule has 0 aliphatic rings. The van der Waals surface area contributed by atoms with Crippen molar-refractivity contribution >= 4 is 22.8 Å². The number of phenolic OH excluding ortho intramolecular Hbond substituents is 1. The van der Waals surface area contributed by atoms with Crippen molar-refractivity contribution in [3.63, 3.8) is 0 Å². The molecule has 1 N–H and O–H groups in total. The molecule has 0 radical (unpaired) electrons. The minimum absolute atomic E-state index is 0.158. The van der Waals surface area contributed by atoms with Crippen LogP contribution in [0, 0.1) is 0 Å². The number of rotatable bonds is 2. The molecular weight excluding hydrogens is 223 g/mol. The summed E-state index contributed by atoms with van der Waals surface area (Å²) < 4.78 is 11.5. The molecule has 0 fully saturated rings. The van der Waals surface area contributed by atoms with Crippen molar-refractivity contribution in [3.8, 4) is 5.75 Å². The molecule has 17 heavy (non-hydrogen) atoms. The highest BCUT2D eigenvalue weighted by Crippen LogP contribution is 2.27. The molecule has 0 saturated heterocycles. The summed E-state index contributed by atoms with van der Waals surface area (Å²) in [5.74, 6) is -0.909. The van der Waals surface area contributed by atoms with Crippen molar-refractivity contribution in [2.75, 3.05) is 0 Å². The Labute approximate surface area is 96.7 Å². The monoisotopic (exact) mass is 232 g/mol. The summed E-state index contributed by atoms with van der Waals surface area (Å²) in [6, 6.07) is 10.3. The number of fused-ring (bicyclic) bond motifs is 1. The molecule has 86 valence electrons. The van der Waals surface area contributed by atoms with E-state index >= 15 is 0 Å². The van der Waals surface area contributed by atoms with Crippen LogP contribution in [-0.2, 0) is 9.74 Å². The van der Waals surface area contributed by atoms with Crippen LogP contribution in [0.3, 0.4) is 0 Å². The zero-order chi connectivity index (χ0) is 12.3. The van der Waals surface area contributed by atoms with Gasteiger partial charge in [-0.25, -0.2) is 4.79 Å². The Kier molecular flexibility index (Phi) is 3.05. The molecule has 0 aliphatic heterocycles. The third kappa shape index (κ3) is 2.25. The maximum absolute atomic E-state index is 11.5. The third-order valence-electron chi connectivity index (χ3n) is 2.41. The Hall–Kier alpha value is -2.36. The summed E-state index contributed by atoms with van der Waals surface area (Å²) in [4.78, 5) is 13.7. The van der Waals surface area contributed by atoms with Crippen molar-refractivity contribution in [2.45, 2.75) is 0 Å². The highest BCUT2D eigenvalue weighted by Gasteiger charge is 2.03. The van der Waals surface area contributed by atoms with Gasteiger partial charge < -0.3 is 5.11 Å². The van der Waals surface area contributed by atoms with Gasteiger partial charge in [0, 0.05) is 16.0 Å². The molecule has 0 amide bonds. The van der Waals surface area contributed by atoms with Crippen LogP contribution in [0.2, 0.25) is 0 Å². The topological polar surface area (TPSA) is 46.5 Å². The molecule has 0 bridgehead atoms. The molecule has 0 spiro atoms. The highest BCUT2D eigenvalue weighted by molar-refractivity contribution is 5.97. The molecule has 0 unspecified atom stereocenters. The van der Waals surface area contributed by atoms with Crippen molar-refractivity contribution in [2.24, 2.45) is 0 Å². The lowest BCUT2D eigenvalue weighted by Crippen LogP contribution is -1.90. The number of benzene rings is 2. The number of carbonyl (C=O) groups excluding carboxylic acids is 1. The molecule has 0 atom stereocenters. The molecule has 0 saturated carbocycles. The van der Waals surface area contributed by atoms with Crippen LogP contribution in [-0.4, -0.2) is 11.1 Å². The summed E-state index contributed by atoms with van der Waals surface area (Å²) >= 11 is 0. The van der Waals surface area contributed by atoms with Gasteiger partial charge in [-0.15, -0.1) is 0 Å². The Morgan fingerprint density at radius 1 is 1.18 bits per heavy atom. The summed E-state index contributed by atoms with van der Waals surface area (Å²) in [6.45, 7) is 0. The van der Waals surface area contributed by atoms with Crippen LogP contribution >= 0.6 is 0 Å². The number of hydrogen-bond acceptors (Lipinski definition) is 3. The first-order valence-electron chi connectivity index (χ1n) is 4.93. The van der Waals surface area contributed by atoms with Gasteiger partial charge in [-0.05, 0) is 23.1 Å². The second-order valence-electron chi connectivity index (χ2n) is 3.45. The minimum atomic E-state index is -1.07. The summed E-state index contributed by atoms with van der Waals surface area (Å²) in [5, 5.41) is 11.1. The second-order valence-corrected chi connectivity index (χ2v) is 3.45. The van der Waals surface area contributed by atoms with Gasteiger partial charge in [-0.3, -0.25) is 4.94 Å². The number of phenols is 1. The minimum Gasteiger partial charge on any atom is -0.507 e. The van der Waals surface area contributed by atoms with E-state index in [0.717, 1.165) is 11.5 Å². The van der Waals surface area contributed by atoms with Crippen LogP contribution < -0.4 is 0 Å². The average Bonchev–Trinajstić information content (AvgIpc) is 2.38. The van der Waals surface area contributed by atoms with E-state index in [1.54, 1.807) is 24.3 Å². The maximum Gasteiger partial charge on any atom is 0.372 e. The predicted molar refractivity (Wildman–Crippen MR) is 61.8 cm³/mol. The SMILES string of the molecule is O=C(/C=C/c1ccc(O)c2ccccc12)OF. The average molecular weight is 232 g/mol. The highest BCUT2D eigenvalue weighted by atomic mass is 19.3. The van der Waals surface area contributed by atoms with E-state index < -0.39 is 5.97 Å².